The van der Waals surface area contributed by atoms with Gasteiger partial charge in [0, 0.05) is 26.1 Å². The van der Waals surface area contributed by atoms with E-state index in [9.17, 15) is 9.59 Å². The van der Waals surface area contributed by atoms with Crippen molar-refractivity contribution in [2.24, 2.45) is 0 Å². The number of carboxylic acid groups (broad SMARTS) is 1. The van der Waals surface area contributed by atoms with E-state index in [0.717, 1.165) is 11.3 Å². The molecule has 1 amide bonds. The summed E-state index contributed by atoms with van der Waals surface area (Å²) in [4.78, 5) is 23.7. The van der Waals surface area contributed by atoms with Crippen LogP contribution in [-0.2, 0) is 9.59 Å². The highest BCUT2D eigenvalue weighted by molar-refractivity contribution is 5.91. The number of methoxy groups -OCH3 is 1. The summed E-state index contributed by atoms with van der Waals surface area (Å²) in [5.74, 6) is -0.231. The molecule has 0 unspecified atom stereocenters. The molecule has 1 rings (SSSR count). The Morgan fingerprint density at radius 2 is 1.95 bits per heavy atom. The second-order valence-electron chi connectivity index (χ2n) is 4.36. The number of carboxylic acids is 1. The normalized spacial score (nSPS) is 10.5. The van der Waals surface area contributed by atoms with Crippen molar-refractivity contribution >= 4 is 18.0 Å². The summed E-state index contributed by atoms with van der Waals surface area (Å²) >= 11 is 0. The highest BCUT2D eigenvalue weighted by Crippen LogP contribution is 2.12. The number of ether oxygens (including phenoxy) is 1. The summed E-state index contributed by atoms with van der Waals surface area (Å²) in [6.07, 6.45) is 3.71. The summed E-state index contributed by atoms with van der Waals surface area (Å²) in [6, 6.07) is 7.35. The SMILES string of the molecule is COc1ccc(/C=C/C(=O)N(C)CCCC(=O)O)cc1. The minimum Gasteiger partial charge on any atom is -0.497 e. The molecule has 0 fully saturated rings. The Morgan fingerprint density at radius 3 is 2.50 bits per heavy atom. The molecule has 1 aromatic carbocycles. The Kier molecular flexibility index (Phi) is 6.29. The molecular formula is C15H19NO4. The molecular weight excluding hydrogens is 258 g/mol. The molecule has 0 aliphatic carbocycles. The predicted molar refractivity (Wildman–Crippen MR) is 76.5 cm³/mol. The van der Waals surface area contributed by atoms with Crippen molar-refractivity contribution in [3.8, 4) is 5.75 Å². The average Bonchev–Trinajstić information content (AvgIpc) is 2.44. The highest BCUT2D eigenvalue weighted by atomic mass is 16.5. The van der Waals surface area contributed by atoms with Crippen LogP contribution in [0.15, 0.2) is 30.3 Å². The van der Waals surface area contributed by atoms with Gasteiger partial charge in [0.2, 0.25) is 5.91 Å². The molecule has 0 saturated heterocycles. The maximum atomic E-state index is 11.8. The summed E-state index contributed by atoms with van der Waals surface area (Å²) in [5.41, 5.74) is 0.901. The zero-order chi connectivity index (χ0) is 15.0. The number of benzene rings is 1. The molecule has 20 heavy (non-hydrogen) atoms. The first-order valence-electron chi connectivity index (χ1n) is 6.32. The van der Waals surface area contributed by atoms with Gasteiger partial charge in [-0.1, -0.05) is 12.1 Å². The van der Waals surface area contributed by atoms with Gasteiger partial charge in [-0.05, 0) is 30.2 Å². The first-order chi connectivity index (χ1) is 9.52. The molecule has 1 aromatic rings. The summed E-state index contributed by atoms with van der Waals surface area (Å²) in [6.45, 7) is 0.429. The van der Waals surface area contributed by atoms with Crippen molar-refractivity contribution in [1.29, 1.82) is 0 Å². The van der Waals surface area contributed by atoms with Gasteiger partial charge in [-0.3, -0.25) is 9.59 Å². The number of carbonyl (C=O) groups excluding carboxylic acids is 1. The van der Waals surface area contributed by atoms with Crippen LogP contribution in [0, 0.1) is 0 Å². The lowest BCUT2D eigenvalue weighted by Crippen LogP contribution is -2.26. The summed E-state index contributed by atoms with van der Waals surface area (Å²) < 4.78 is 5.05. The molecule has 0 aliphatic heterocycles. The van der Waals surface area contributed by atoms with E-state index in [1.165, 1.54) is 11.0 Å². The molecule has 0 atom stereocenters. The molecule has 0 spiro atoms. The van der Waals surface area contributed by atoms with Crippen LogP contribution in [0.4, 0.5) is 0 Å². The van der Waals surface area contributed by atoms with Crippen molar-refractivity contribution < 1.29 is 19.4 Å². The second-order valence-corrected chi connectivity index (χ2v) is 4.36. The summed E-state index contributed by atoms with van der Waals surface area (Å²) in [5, 5.41) is 8.53. The van der Waals surface area contributed by atoms with Gasteiger partial charge in [0.15, 0.2) is 0 Å². The fraction of sp³-hybridized carbons (Fsp3) is 0.333. The molecule has 5 heteroatoms. The highest BCUT2D eigenvalue weighted by Gasteiger charge is 2.05. The number of hydrogen-bond acceptors (Lipinski definition) is 3. The van der Waals surface area contributed by atoms with E-state index in [2.05, 4.69) is 0 Å². The maximum absolute atomic E-state index is 11.8. The van der Waals surface area contributed by atoms with E-state index in [1.54, 1.807) is 20.2 Å². The van der Waals surface area contributed by atoms with Gasteiger partial charge in [0.05, 0.1) is 7.11 Å². The van der Waals surface area contributed by atoms with Crippen LogP contribution in [0.5, 0.6) is 5.75 Å². The van der Waals surface area contributed by atoms with E-state index in [1.807, 2.05) is 24.3 Å². The van der Waals surface area contributed by atoms with Gasteiger partial charge in [-0.2, -0.15) is 0 Å². The Hall–Kier alpha value is -2.30. The summed E-state index contributed by atoms with van der Waals surface area (Å²) in [7, 11) is 3.25. The third-order valence-corrected chi connectivity index (χ3v) is 2.79. The molecule has 0 aliphatic rings. The molecule has 5 nitrogen and oxygen atoms in total. The number of amides is 1. The average molecular weight is 277 g/mol. The van der Waals surface area contributed by atoms with Crippen LogP contribution in [0.2, 0.25) is 0 Å². The molecule has 1 N–H and O–H groups in total. The largest absolute Gasteiger partial charge is 0.497 e. The second kappa shape index (κ2) is 7.99. The van der Waals surface area contributed by atoms with E-state index < -0.39 is 5.97 Å². The first-order valence-corrected chi connectivity index (χ1v) is 6.32. The number of aliphatic carboxylic acids is 1. The zero-order valence-electron chi connectivity index (χ0n) is 11.7. The van der Waals surface area contributed by atoms with Crippen molar-refractivity contribution in [2.45, 2.75) is 12.8 Å². The lowest BCUT2D eigenvalue weighted by atomic mass is 10.2. The van der Waals surface area contributed by atoms with Crippen LogP contribution in [0.1, 0.15) is 18.4 Å². The van der Waals surface area contributed by atoms with E-state index in [4.69, 9.17) is 9.84 Å². The third kappa shape index (κ3) is 5.56. The third-order valence-electron chi connectivity index (χ3n) is 2.79. The molecule has 0 radical (unpaired) electrons. The molecule has 0 heterocycles. The van der Waals surface area contributed by atoms with Crippen molar-refractivity contribution in [2.75, 3.05) is 20.7 Å². The number of likely N-dealkylation sites (N-methyl/N-ethyl adjacent to an activating group) is 1. The van der Waals surface area contributed by atoms with Gasteiger partial charge in [0.25, 0.3) is 0 Å². The predicted octanol–water partition coefficient (Wildman–Crippen LogP) is 2.03. The molecule has 0 bridgehead atoms. The minimum absolute atomic E-state index is 0.0693. The van der Waals surface area contributed by atoms with Crippen LogP contribution in [0.3, 0.4) is 0 Å². The van der Waals surface area contributed by atoms with E-state index in [0.29, 0.717) is 13.0 Å². The quantitative estimate of drug-likeness (QED) is 0.774. The number of rotatable bonds is 7. The van der Waals surface area contributed by atoms with Crippen LogP contribution < -0.4 is 4.74 Å². The van der Waals surface area contributed by atoms with Gasteiger partial charge in [0.1, 0.15) is 5.75 Å². The fourth-order valence-electron chi connectivity index (χ4n) is 1.59. The van der Waals surface area contributed by atoms with Crippen LogP contribution in [-0.4, -0.2) is 42.6 Å². The zero-order valence-corrected chi connectivity index (χ0v) is 11.7. The topological polar surface area (TPSA) is 66.8 Å². The first kappa shape index (κ1) is 15.8. The van der Waals surface area contributed by atoms with Gasteiger partial charge in [-0.15, -0.1) is 0 Å². The minimum atomic E-state index is -0.848. The lowest BCUT2D eigenvalue weighted by molar-refractivity contribution is -0.137. The van der Waals surface area contributed by atoms with Crippen LogP contribution in [0.25, 0.3) is 6.08 Å². The fourth-order valence-corrected chi connectivity index (χ4v) is 1.59. The molecule has 0 saturated carbocycles. The number of carbonyl (C=O) groups is 2. The Bertz CT molecular complexity index is 479. The van der Waals surface area contributed by atoms with Crippen molar-refractivity contribution in [3.05, 3.63) is 35.9 Å². The van der Waals surface area contributed by atoms with Crippen molar-refractivity contribution in [1.82, 2.24) is 4.90 Å². The van der Waals surface area contributed by atoms with Crippen molar-refractivity contribution in [3.63, 3.8) is 0 Å². The standard InChI is InChI=1S/C15H19NO4/c1-16(11-3-4-15(18)19)14(17)10-7-12-5-8-13(20-2)9-6-12/h5-10H,3-4,11H2,1-2H3,(H,18,19)/b10-7+. The van der Waals surface area contributed by atoms with Gasteiger partial charge >= 0.3 is 5.97 Å². The Labute approximate surface area is 118 Å². The van der Waals surface area contributed by atoms with Gasteiger partial charge in [-0.25, -0.2) is 0 Å². The Balaban J connectivity index is 2.46. The molecule has 108 valence electrons. The van der Waals surface area contributed by atoms with Crippen LogP contribution >= 0.6 is 0 Å². The van der Waals surface area contributed by atoms with E-state index >= 15 is 0 Å². The Morgan fingerprint density at radius 1 is 1.30 bits per heavy atom. The lowest BCUT2D eigenvalue weighted by Gasteiger charge is -2.13. The maximum Gasteiger partial charge on any atom is 0.303 e. The number of hydrogen-bond donors (Lipinski definition) is 1. The van der Waals surface area contributed by atoms with E-state index in [-0.39, 0.29) is 12.3 Å². The molecule has 0 aromatic heterocycles. The smallest absolute Gasteiger partial charge is 0.303 e. The monoisotopic (exact) mass is 277 g/mol. The number of nitrogens with zero attached hydrogens (tertiary/aromatic N) is 1. The van der Waals surface area contributed by atoms with Gasteiger partial charge < -0.3 is 14.7 Å².